The van der Waals surface area contributed by atoms with Gasteiger partial charge in [-0.3, -0.25) is 4.79 Å². The molecule has 0 radical (unpaired) electrons. The van der Waals surface area contributed by atoms with Gasteiger partial charge in [-0.15, -0.1) is 11.3 Å². The molecule has 1 N–H and O–H groups in total. The maximum Gasteiger partial charge on any atom is 0.222 e. The molecule has 1 amide bonds. The summed E-state index contributed by atoms with van der Waals surface area (Å²) in [4.78, 5) is 14.7. The molecule has 0 aromatic carbocycles. The van der Waals surface area contributed by atoms with Crippen molar-refractivity contribution in [2.75, 3.05) is 12.8 Å². The van der Waals surface area contributed by atoms with Crippen molar-refractivity contribution in [3.8, 4) is 0 Å². The number of thiophene rings is 1. The van der Waals surface area contributed by atoms with E-state index >= 15 is 0 Å². The lowest BCUT2D eigenvalue weighted by Gasteiger charge is -2.38. The standard InChI is InChI=1S/C15H24N2O3S2/c1-3-4-5-11-22(19,20)16-12-8-9-14(18)17(2)15(12)13-7-6-10-21-13/h6-7,10,12,15-16H,3-5,8-9,11H2,1-2H3/t12-,15+/m0/s1. The van der Waals surface area contributed by atoms with Crippen LogP contribution in [-0.2, 0) is 14.8 Å². The lowest BCUT2D eigenvalue weighted by atomic mass is 9.96. The van der Waals surface area contributed by atoms with Crippen molar-refractivity contribution in [2.24, 2.45) is 0 Å². The zero-order valence-corrected chi connectivity index (χ0v) is 14.8. The molecule has 2 heterocycles. The number of nitrogens with zero attached hydrogens (tertiary/aromatic N) is 1. The van der Waals surface area contributed by atoms with E-state index in [0.717, 1.165) is 17.7 Å². The smallest absolute Gasteiger partial charge is 0.222 e. The van der Waals surface area contributed by atoms with Crippen molar-refractivity contribution in [3.63, 3.8) is 0 Å². The number of amides is 1. The molecule has 0 saturated carbocycles. The highest BCUT2D eigenvalue weighted by Crippen LogP contribution is 2.33. The predicted molar refractivity (Wildman–Crippen MR) is 89.3 cm³/mol. The second kappa shape index (κ2) is 7.57. The zero-order chi connectivity index (χ0) is 16.2. The molecule has 124 valence electrons. The number of piperidine rings is 1. The third-order valence-electron chi connectivity index (χ3n) is 4.04. The summed E-state index contributed by atoms with van der Waals surface area (Å²) in [6.07, 6.45) is 3.53. The molecule has 0 spiro atoms. The maximum atomic E-state index is 12.3. The number of nitrogens with one attached hydrogen (secondary N) is 1. The van der Waals surface area contributed by atoms with Gasteiger partial charge in [-0.05, 0) is 24.3 Å². The highest BCUT2D eigenvalue weighted by Gasteiger charge is 2.37. The number of rotatable bonds is 7. The Morgan fingerprint density at radius 1 is 1.41 bits per heavy atom. The summed E-state index contributed by atoms with van der Waals surface area (Å²) in [5, 5.41) is 1.95. The maximum absolute atomic E-state index is 12.3. The number of likely N-dealkylation sites (tertiary alicyclic amines) is 1. The van der Waals surface area contributed by atoms with Crippen LogP contribution in [0.5, 0.6) is 0 Å². The van der Waals surface area contributed by atoms with Crippen LogP contribution in [-0.4, -0.2) is 38.1 Å². The minimum absolute atomic E-state index is 0.0693. The van der Waals surface area contributed by atoms with Gasteiger partial charge in [-0.1, -0.05) is 25.8 Å². The van der Waals surface area contributed by atoms with Gasteiger partial charge in [0, 0.05) is 24.4 Å². The van der Waals surface area contributed by atoms with Crippen LogP contribution in [0, 0.1) is 0 Å². The highest BCUT2D eigenvalue weighted by molar-refractivity contribution is 7.89. The van der Waals surface area contributed by atoms with E-state index in [2.05, 4.69) is 11.6 Å². The van der Waals surface area contributed by atoms with Crippen LogP contribution in [0.25, 0.3) is 0 Å². The van der Waals surface area contributed by atoms with Crippen molar-refractivity contribution in [3.05, 3.63) is 22.4 Å². The fraction of sp³-hybridized carbons (Fsp3) is 0.667. The minimum atomic E-state index is -3.30. The van der Waals surface area contributed by atoms with Gasteiger partial charge in [0.1, 0.15) is 0 Å². The van der Waals surface area contributed by atoms with Gasteiger partial charge in [-0.2, -0.15) is 0 Å². The SMILES string of the molecule is CCCCCS(=O)(=O)N[C@H]1CCC(=O)N(C)[C@H]1c1cccs1. The average molecular weight is 345 g/mol. The summed E-state index contributed by atoms with van der Waals surface area (Å²) in [6, 6.07) is 3.44. The van der Waals surface area contributed by atoms with Gasteiger partial charge >= 0.3 is 0 Å². The third-order valence-corrected chi connectivity index (χ3v) is 6.47. The van der Waals surface area contributed by atoms with Crippen molar-refractivity contribution in [1.29, 1.82) is 0 Å². The molecule has 2 rings (SSSR count). The Morgan fingerprint density at radius 2 is 2.18 bits per heavy atom. The van der Waals surface area contributed by atoms with Crippen LogP contribution in [0.1, 0.15) is 49.9 Å². The molecule has 0 bridgehead atoms. The van der Waals surface area contributed by atoms with Crippen molar-refractivity contribution in [1.82, 2.24) is 9.62 Å². The summed E-state index contributed by atoms with van der Waals surface area (Å²) in [5.74, 6) is 0.228. The molecule has 0 unspecified atom stereocenters. The summed E-state index contributed by atoms with van der Waals surface area (Å²) in [5.41, 5.74) is 0. The molecule has 2 atom stereocenters. The van der Waals surface area contributed by atoms with E-state index in [1.165, 1.54) is 0 Å². The third kappa shape index (κ3) is 4.30. The van der Waals surface area contributed by atoms with Gasteiger partial charge in [0.25, 0.3) is 0 Å². The number of carbonyl (C=O) groups excluding carboxylic acids is 1. The van der Waals surface area contributed by atoms with E-state index < -0.39 is 10.0 Å². The molecule has 1 aromatic heterocycles. The first-order valence-corrected chi connectivity index (χ1v) is 10.3. The van der Waals surface area contributed by atoms with Gasteiger partial charge < -0.3 is 4.90 Å². The molecule has 1 saturated heterocycles. The van der Waals surface area contributed by atoms with Crippen LogP contribution in [0.4, 0.5) is 0 Å². The Kier molecular flexibility index (Phi) is 6.00. The second-order valence-corrected chi connectivity index (χ2v) is 8.61. The first-order chi connectivity index (χ1) is 10.4. The van der Waals surface area contributed by atoms with Crippen LogP contribution in [0.3, 0.4) is 0 Å². The van der Waals surface area contributed by atoms with Crippen molar-refractivity contribution < 1.29 is 13.2 Å². The fourth-order valence-electron chi connectivity index (χ4n) is 2.84. The van der Waals surface area contributed by atoms with Gasteiger partial charge in [0.05, 0.1) is 11.8 Å². The van der Waals surface area contributed by atoms with Crippen LogP contribution in [0.15, 0.2) is 17.5 Å². The first kappa shape index (κ1) is 17.4. The summed E-state index contributed by atoms with van der Waals surface area (Å²) in [7, 11) is -1.55. The Morgan fingerprint density at radius 3 is 2.82 bits per heavy atom. The van der Waals surface area contributed by atoms with Crippen LogP contribution < -0.4 is 4.72 Å². The van der Waals surface area contributed by atoms with E-state index in [0.29, 0.717) is 19.3 Å². The number of sulfonamides is 1. The van der Waals surface area contributed by atoms with E-state index in [-0.39, 0.29) is 23.7 Å². The average Bonchev–Trinajstić information content (AvgIpc) is 2.97. The van der Waals surface area contributed by atoms with Crippen LogP contribution in [0.2, 0.25) is 0 Å². The molecular formula is C15H24N2O3S2. The quantitative estimate of drug-likeness (QED) is 0.773. The molecule has 0 aliphatic carbocycles. The number of carbonyl (C=O) groups is 1. The molecule has 1 aliphatic heterocycles. The lowest BCUT2D eigenvalue weighted by molar-refractivity contribution is -0.135. The molecule has 5 nitrogen and oxygen atoms in total. The largest absolute Gasteiger partial charge is 0.336 e. The molecule has 1 aliphatic rings. The Hall–Kier alpha value is -0.920. The summed E-state index contributed by atoms with van der Waals surface area (Å²) >= 11 is 1.56. The van der Waals surface area contributed by atoms with E-state index in [1.807, 2.05) is 17.5 Å². The van der Waals surface area contributed by atoms with Gasteiger partial charge in [0.15, 0.2) is 0 Å². The van der Waals surface area contributed by atoms with E-state index in [4.69, 9.17) is 0 Å². The van der Waals surface area contributed by atoms with Crippen LogP contribution >= 0.6 is 11.3 Å². The fourth-order valence-corrected chi connectivity index (χ4v) is 5.19. The van der Waals surface area contributed by atoms with Crippen molar-refractivity contribution in [2.45, 2.75) is 51.1 Å². The number of hydrogen-bond donors (Lipinski definition) is 1. The molecule has 1 fully saturated rings. The normalized spacial score (nSPS) is 23.0. The predicted octanol–water partition coefficient (Wildman–Crippen LogP) is 2.52. The molecule has 7 heteroatoms. The summed E-state index contributed by atoms with van der Waals surface area (Å²) in [6.45, 7) is 2.05. The molecular weight excluding hydrogens is 320 g/mol. The molecule has 1 aromatic rings. The minimum Gasteiger partial charge on any atom is -0.336 e. The number of likely N-dealkylation sites (N-methyl/N-ethyl adjacent to an activating group) is 1. The number of hydrogen-bond acceptors (Lipinski definition) is 4. The monoisotopic (exact) mass is 344 g/mol. The summed E-state index contributed by atoms with van der Waals surface area (Å²) < 4.78 is 27.4. The van der Waals surface area contributed by atoms with Crippen molar-refractivity contribution >= 4 is 27.3 Å². The Balaban J connectivity index is 2.12. The van der Waals surface area contributed by atoms with E-state index in [1.54, 1.807) is 23.3 Å². The molecule has 22 heavy (non-hydrogen) atoms. The highest BCUT2D eigenvalue weighted by atomic mass is 32.2. The Bertz CT molecular complexity index is 584. The van der Waals surface area contributed by atoms with Gasteiger partial charge in [-0.25, -0.2) is 13.1 Å². The lowest BCUT2D eigenvalue weighted by Crippen LogP contribution is -2.50. The van der Waals surface area contributed by atoms with E-state index in [9.17, 15) is 13.2 Å². The topological polar surface area (TPSA) is 66.5 Å². The second-order valence-electron chi connectivity index (χ2n) is 5.75. The zero-order valence-electron chi connectivity index (χ0n) is 13.1. The number of unbranched alkanes of at least 4 members (excludes halogenated alkanes) is 2. The first-order valence-electron chi connectivity index (χ1n) is 7.73. The van der Waals surface area contributed by atoms with Gasteiger partial charge in [0.2, 0.25) is 15.9 Å². The Labute approximate surface area is 136 Å².